The molecule has 2 N–H and O–H groups in total. The maximum absolute atomic E-state index is 13.1. The van der Waals surface area contributed by atoms with Crippen LogP contribution in [0.1, 0.15) is 17.2 Å². The van der Waals surface area contributed by atoms with Gasteiger partial charge in [0, 0.05) is 6.20 Å². The molecule has 0 aliphatic rings. The van der Waals surface area contributed by atoms with Gasteiger partial charge in [0.2, 0.25) is 0 Å². The average Bonchev–Trinajstić information content (AvgIpc) is 2.32. The summed E-state index contributed by atoms with van der Waals surface area (Å²) >= 11 is 3.08. The monoisotopic (exact) mass is 298 g/mol. The Morgan fingerprint density at radius 2 is 1.88 bits per heavy atom. The molecule has 0 amide bonds. The van der Waals surface area contributed by atoms with Gasteiger partial charge in [-0.05, 0) is 45.3 Å². The van der Waals surface area contributed by atoms with Gasteiger partial charge in [0.05, 0.1) is 16.7 Å². The number of benzene rings is 1. The number of nitrogens with two attached hydrogens (primary N) is 1. The molecule has 0 aliphatic heterocycles. The fraction of sp³-hybridized carbons (Fsp3) is 0.0833. The molecule has 0 fully saturated rings. The van der Waals surface area contributed by atoms with E-state index >= 15 is 0 Å². The molecule has 2 aromatic rings. The first-order valence-electron chi connectivity index (χ1n) is 4.89. The zero-order valence-corrected chi connectivity index (χ0v) is 10.3. The normalized spacial score (nSPS) is 12.5. The molecule has 1 atom stereocenters. The lowest BCUT2D eigenvalue weighted by atomic mass is 10.0. The highest BCUT2D eigenvalue weighted by Crippen LogP contribution is 2.24. The van der Waals surface area contributed by atoms with E-state index in [1.165, 1.54) is 18.3 Å². The predicted molar refractivity (Wildman–Crippen MR) is 64.3 cm³/mol. The third kappa shape index (κ3) is 2.68. The number of aromatic nitrogens is 1. The summed E-state index contributed by atoms with van der Waals surface area (Å²) in [6, 6.07) is 5.23. The molecule has 1 unspecified atom stereocenters. The molecule has 1 aromatic heterocycles. The highest BCUT2D eigenvalue weighted by atomic mass is 79.9. The van der Waals surface area contributed by atoms with Crippen LogP contribution in [-0.4, -0.2) is 4.98 Å². The Morgan fingerprint density at radius 1 is 1.12 bits per heavy atom. The highest BCUT2D eigenvalue weighted by molar-refractivity contribution is 9.10. The Bertz CT molecular complexity index is 546. The van der Waals surface area contributed by atoms with Crippen LogP contribution in [0.25, 0.3) is 0 Å². The molecule has 0 aliphatic carbocycles. The van der Waals surface area contributed by atoms with Crippen LogP contribution >= 0.6 is 15.9 Å². The molecule has 0 radical (unpaired) electrons. The van der Waals surface area contributed by atoms with Crippen molar-refractivity contribution in [2.24, 2.45) is 5.73 Å². The van der Waals surface area contributed by atoms with E-state index in [0.717, 1.165) is 6.20 Å². The summed E-state index contributed by atoms with van der Waals surface area (Å²) in [5.41, 5.74) is 7.18. The quantitative estimate of drug-likeness (QED) is 0.925. The predicted octanol–water partition coefficient (Wildman–Crippen LogP) is 3.17. The van der Waals surface area contributed by atoms with Crippen LogP contribution in [-0.2, 0) is 0 Å². The lowest BCUT2D eigenvalue weighted by Crippen LogP contribution is -2.12. The first-order chi connectivity index (χ1) is 8.08. The van der Waals surface area contributed by atoms with Gasteiger partial charge >= 0.3 is 0 Å². The van der Waals surface area contributed by atoms with Crippen molar-refractivity contribution in [2.75, 3.05) is 0 Å². The fourth-order valence-corrected chi connectivity index (χ4v) is 1.89. The molecule has 0 spiro atoms. The van der Waals surface area contributed by atoms with Gasteiger partial charge < -0.3 is 5.73 Å². The molecule has 0 saturated carbocycles. The van der Waals surface area contributed by atoms with E-state index in [9.17, 15) is 8.78 Å². The lowest BCUT2D eigenvalue weighted by molar-refractivity contribution is 0.614. The van der Waals surface area contributed by atoms with Gasteiger partial charge in [0.1, 0.15) is 11.6 Å². The molecule has 0 saturated heterocycles. The Kier molecular flexibility index (Phi) is 3.49. The van der Waals surface area contributed by atoms with E-state index in [-0.39, 0.29) is 5.82 Å². The van der Waals surface area contributed by atoms with Gasteiger partial charge in [-0.2, -0.15) is 0 Å². The molecule has 1 heterocycles. The Morgan fingerprint density at radius 3 is 2.53 bits per heavy atom. The van der Waals surface area contributed by atoms with Crippen molar-refractivity contribution in [1.82, 2.24) is 4.98 Å². The van der Waals surface area contributed by atoms with Gasteiger partial charge in [-0.25, -0.2) is 8.78 Å². The van der Waals surface area contributed by atoms with Crippen molar-refractivity contribution in [3.8, 4) is 0 Å². The minimum atomic E-state index is -0.532. The van der Waals surface area contributed by atoms with Crippen molar-refractivity contribution in [3.05, 3.63) is 63.9 Å². The topological polar surface area (TPSA) is 38.9 Å². The average molecular weight is 299 g/mol. The van der Waals surface area contributed by atoms with Gasteiger partial charge in [-0.3, -0.25) is 4.98 Å². The van der Waals surface area contributed by atoms with E-state index in [1.54, 1.807) is 12.1 Å². The standard InChI is InChI=1S/C12H9BrF2N2/c13-10-4-7(1-2-11(10)15)12(16)8-3-9(14)6-17-5-8/h1-6,12H,16H2. The molecule has 1 aromatic carbocycles. The van der Waals surface area contributed by atoms with Crippen LogP contribution in [0.5, 0.6) is 0 Å². The second-order valence-corrected chi connectivity index (χ2v) is 4.44. The molecular formula is C12H9BrF2N2. The summed E-state index contributed by atoms with van der Waals surface area (Å²) in [6.07, 6.45) is 2.60. The van der Waals surface area contributed by atoms with Crippen LogP contribution in [0.15, 0.2) is 41.1 Å². The molecule has 0 bridgehead atoms. The Labute approximate surface area is 106 Å². The van der Waals surface area contributed by atoms with Crippen molar-refractivity contribution in [3.63, 3.8) is 0 Å². The van der Waals surface area contributed by atoms with Gasteiger partial charge in [0.25, 0.3) is 0 Å². The summed E-state index contributed by atoms with van der Waals surface area (Å²) in [7, 11) is 0. The van der Waals surface area contributed by atoms with Crippen LogP contribution in [0.3, 0.4) is 0 Å². The smallest absolute Gasteiger partial charge is 0.141 e. The zero-order chi connectivity index (χ0) is 12.4. The summed E-state index contributed by atoms with van der Waals surface area (Å²) in [6.45, 7) is 0. The summed E-state index contributed by atoms with van der Waals surface area (Å²) < 4.78 is 26.4. The summed E-state index contributed by atoms with van der Waals surface area (Å²) in [5, 5.41) is 0. The van der Waals surface area contributed by atoms with Crippen molar-refractivity contribution < 1.29 is 8.78 Å². The Hall–Kier alpha value is -1.33. The minimum Gasteiger partial charge on any atom is -0.320 e. The number of hydrogen-bond donors (Lipinski definition) is 1. The number of halogens is 3. The van der Waals surface area contributed by atoms with Crippen LogP contribution in [0.2, 0.25) is 0 Å². The van der Waals surface area contributed by atoms with E-state index in [0.29, 0.717) is 15.6 Å². The first-order valence-corrected chi connectivity index (χ1v) is 5.68. The molecule has 88 valence electrons. The number of pyridine rings is 1. The largest absolute Gasteiger partial charge is 0.320 e. The molecule has 2 nitrogen and oxygen atoms in total. The number of rotatable bonds is 2. The third-order valence-corrected chi connectivity index (χ3v) is 3.00. The van der Waals surface area contributed by atoms with Gasteiger partial charge in [-0.15, -0.1) is 0 Å². The van der Waals surface area contributed by atoms with Crippen molar-refractivity contribution in [2.45, 2.75) is 6.04 Å². The summed E-state index contributed by atoms with van der Waals surface area (Å²) in [4.78, 5) is 3.73. The van der Waals surface area contributed by atoms with E-state index in [2.05, 4.69) is 20.9 Å². The highest BCUT2D eigenvalue weighted by Gasteiger charge is 2.11. The van der Waals surface area contributed by atoms with Crippen molar-refractivity contribution >= 4 is 15.9 Å². The van der Waals surface area contributed by atoms with E-state index in [4.69, 9.17) is 5.73 Å². The van der Waals surface area contributed by atoms with Crippen LogP contribution in [0, 0.1) is 11.6 Å². The zero-order valence-electron chi connectivity index (χ0n) is 8.70. The van der Waals surface area contributed by atoms with Crippen LogP contribution in [0.4, 0.5) is 8.78 Å². The molecule has 17 heavy (non-hydrogen) atoms. The fourth-order valence-electron chi connectivity index (χ4n) is 1.50. The maximum Gasteiger partial charge on any atom is 0.141 e. The minimum absolute atomic E-state index is 0.329. The molecular weight excluding hydrogens is 290 g/mol. The molecule has 5 heteroatoms. The van der Waals surface area contributed by atoms with Gasteiger partial charge in [0.15, 0.2) is 0 Å². The third-order valence-electron chi connectivity index (χ3n) is 2.39. The van der Waals surface area contributed by atoms with Crippen molar-refractivity contribution in [1.29, 1.82) is 0 Å². The number of hydrogen-bond acceptors (Lipinski definition) is 2. The Balaban J connectivity index is 2.36. The second-order valence-electron chi connectivity index (χ2n) is 3.59. The lowest BCUT2D eigenvalue weighted by Gasteiger charge is -2.12. The SMILES string of the molecule is NC(c1cncc(F)c1)c1ccc(F)c(Br)c1. The summed E-state index contributed by atoms with van der Waals surface area (Å²) in [5.74, 6) is -0.808. The molecule has 2 rings (SSSR count). The maximum atomic E-state index is 13.1. The van der Waals surface area contributed by atoms with Gasteiger partial charge in [-0.1, -0.05) is 6.07 Å². The van der Waals surface area contributed by atoms with E-state index < -0.39 is 11.9 Å². The number of nitrogens with zero attached hydrogens (tertiary/aromatic N) is 1. The first kappa shape index (κ1) is 12.1. The van der Waals surface area contributed by atoms with E-state index in [1.807, 2.05) is 0 Å². The second kappa shape index (κ2) is 4.89. The van der Waals surface area contributed by atoms with Crippen LogP contribution < -0.4 is 5.73 Å².